The molecule has 5 heteroatoms. The molecule has 1 heterocycles. The van der Waals surface area contributed by atoms with Crippen molar-refractivity contribution in [3.63, 3.8) is 0 Å². The number of thioether (sulfide) groups is 1. The van der Waals surface area contributed by atoms with Crippen LogP contribution in [0.4, 0.5) is 0 Å². The van der Waals surface area contributed by atoms with Gasteiger partial charge in [-0.2, -0.15) is 0 Å². The number of halogens is 1. The molecule has 0 aliphatic heterocycles. The van der Waals surface area contributed by atoms with Crippen LogP contribution in [-0.4, -0.2) is 16.2 Å². The third kappa shape index (κ3) is 2.36. The highest BCUT2D eigenvalue weighted by Gasteiger charge is 2.02. The molecule has 0 radical (unpaired) electrons. The Morgan fingerprint density at radius 1 is 1.31 bits per heavy atom. The lowest BCUT2D eigenvalue weighted by molar-refractivity contribution is 1.11. The average molecular weight is 297 g/mol. The van der Waals surface area contributed by atoms with E-state index in [0.717, 1.165) is 5.56 Å². The molecule has 0 unspecified atom stereocenters. The van der Waals surface area contributed by atoms with Gasteiger partial charge in [-0.05, 0) is 34.3 Å². The average Bonchev–Trinajstić information content (AvgIpc) is 2.33. The number of aromatic amines is 1. The first-order valence-corrected chi connectivity index (χ1v) is 6.62. The Balaban J connectivity index is 2.42. The molecule has 0 fully saturated rings. The molecule has 0 spiro atoms. The van der Waals surface area contributed by atoms with E-state index in [0.29, 0.717) is 10.3 Å². The van der Waals surface area contributed by atoms with Crippen LogP contribution in [0.5, 0.6) is 0 Å². The first-order chi connectivity index (χ1) is 7.70. The SMILES string of the molecule is CSc1ccc(-c2ncc(Br)c(=O)[nH]2)cc1. The summed E-state index contributed by atoms with van der Waals surface area (Å²) in [7, 11) is 0. The highest BCUT2D eigenvalue weighted by molar-refractivity contribution is 9.10. The number of hydrogen-bond acceptors (Lipinski definition) is 3. The van der Waals surface area contributed by atoms with Crippen molar-refractivity contribution in [2.45, 2.75) is 4.90 Å². The Kier molecular flexibility index (Phi) is 3.46. The van der Waals surface area contributed by atoms with Gasteiger partial charge in [0.05, 0.1) is 0 Å². The maximum atomic E-state index is 11.4. The number of nitrogens with zero attached hydrogens (tertiary/aromatic N) is 1. The third-order valence-corrected chi connectivity index (χ3v) is 3.43. The van der Waals surface area contributed by atoms with Crippen molar-refractivity contribution in [1.82, 2.24) is 9.97 Å². The van der Waals surface area contributed by atoms with Crippen molar-refractivity contribution < 1.29 is 0 Å². The van der Waals surface area contributed by atoms with E-state index in [-0.39, 0.29) is 5.56 Å². The molecule has 1 aromatic carbocycles. The van der Waals surface area contributed by atoms with Gasteiger partial charge in [0.15, 0.2) is 0 Å². The third-order valence-electron chi connectivity index (χ3n) is 2.12. The summed E-state index contributed by atoms with van der Waals surface area (Å²) in [4.78, 5) is 19.4. The zero-order chi connectivity index (χ0) is 11.5. The van der Waals surface area contributed by atoms with Crippen LogP contribution < -0.4 is 5.56 Å². The van der Waals surface area contributed by atoms with Gasteiger partial charge in [-0.1, -0.05) is 12.1 Å². The van der Waals surface area contributed by atoms with Gasteiger partial charge in [-0.15, -0.1) is 11.8 Å². The fraction of sp³-hybridized carbons (Fsp3) is 0.0909. The fourth-order valence-electron chi connectivity index (χ4n) is 1.27. The van der Waals surface area contributed by atoms with Crippen molar-refractivity contribution in [3.8, 4) is 11.4 Å². The van der Waals surface area contributed by atoms with E-state index in [1.54, 1.807) is 11.8 Å². The van der Waals surface area contributed by atoms with Gasteiger partial charge >= 0.3 is 0 Å². The van der Waals surface area contributed by atoms with Crippen LogP contribution in [0.25, 0.3) is 11.4 Å². The molecular formula is C11H9BrN2OS. The van der Waals surface area contributed by atoms with E-state index in [1.165, 1.54) is 11.1 Å². The standard InChI is InChI=1S/C11H9BrN2OS/c1-16-8-4-2-7(3-5-8)10-13-6-9(12)11(15)14-10/h2-6H,1H3,(H,13,14,15). The lowest BCUT2D eigenvalue weighted by Crippen LogP contribution is -2.08. The summed E-state index contributed by atoms with van der Waals surface area (Å²) in [6.45, 7) is 0. The monoisotopic (exact) mass is 296 g/mol. The smallest absolute Gasteiger partial charge is 0.265 e. The molecule has 0 aliphatic carbocycles. The molecule has 0 saturated heterocycles. The molecule has 0 atom stereocenters. The van der Waals surface area contributed by atoms with E-state index in [9.17, 15) is 4.79 Å². The minimum absolute atomic E-state index is 0.168. The summed E-state index contributed by atoms with van der Waals surface area (Å²) in [6.07, 6.45) is 3.53. The van der Waals surface area contributed by atoms with Crippen molar-refractivity contribution in [3.05, 3.63) is 45.3 Å². The number of H-pyrrole nitrogens is 1. The first kappa shape index (κ1) is 11.4. The number of nitrogens with one attached hydrogen (secondary N) is 1. The Morgan fingerprint density at radius 3 is 2.56 bits per heavy atom. The van der Waals surface area contributed by atoms with Gasteiger partial charge in [-0.3, -0.25) is 4.79 Å². The molecule has 2 rings (SSSR count). The second-order valence-electron chi connectivity index (χ2n) is 3.14. The number of benzene rings is 1. The molecule has 3 nitrogen and oxygen atoms in total. The summed E-state index contributed by atoms with van der Waals surface area (Å²) >= 11 is 4.79. The molecule has 0 aliphatic rings. The Bertz CT molecular complexity index is 551. The van der Waals surface area contributed by atoms with E-state index in [2.05, 4.69) is 25.9 Å². The molecule has 1 N–H and O–H groups in total. The van der Waals surface area contributed by atoms with Gasteiger partial charge in [0, 0.05) is 16.7 Å². The largest absolute Gasteiger partial charge is 0.306 e. The van der Waals surface area contributed by atoms with E-state index in [4.69, 9.17) is 0 Å². The summed E-state index contributed by atoms with van der Waals surface area (Å²) in [5.74, 6) is 0.584. The van der Waals surface area contributed by atoms with Crippen LogP contribution >= 0.6 is 27.7 Å². The van der Waals surface area contributed by atoms with Crippen molar-refractivity contribution in [2.24, 2.45) is 0 Å². The summed E-state index contributed by atoms with van der Waals surface area (Å²) in [5.41, 5.74) is 0.737. The van der Waals surface area contributed by atoms with Crippen molar-refractivity contribution >= 4 is 27.7 Å². The first-order valence-electron chi connectivity index (χ1n) is 4.60. The van der Waals surface area contributed by atoms with Crippen LogP contribution in [0.3, 0.4) is 0 Å². The molecular weight excluding hydrogens is 288 g/mol. The van der Waals surface area contributed by atoms with Crippen LogP contribution in [0.15, 0.2) is 44.6 Å². The molecule has 1 aromatic heterocycles. The molecule has 0 saturated carbocycles. The highest BCUT2D eigenvalue weighted by Crippen LogP contribution is 2.19. The molecule has 2 aromatic rings. The molecule has 0 amide bonds. The minimum Gasteiger partial charge on any atom is -0.306 e. The van der Waals surface area contributed by atoms with Crippen molar-refractivity contribution in [2.75, 3.05) is 6.26 Å². The maximum absolute atomic E-state index is 11.4. The van der Waals surface area contributed by atoms with E-state index in [1.807, 2.05) is 30.5 Å². The zero-order valence-electron chi connectivity index (χ0n) is 8.53. The fourth-order valence-corrected chi connectivity index (χ4v) is 1.88. The van der Waals surface area contributed by atoms with Crippen LogP contribution in [0, 0.1) is 0 Å². The maximum Gasteiger partial charge on any atom is 0.265 e. The Hall–Kier alpha value is -1.07. The number of rotatable bonds is 2. The molecule has 16 heavy (non-hydrogen) atoms. The molecule has 82 valence electrons. The summed E-state index contributed by atoms with van der Waals surface area (Å²) < 4.78 is 0.442. The summed E-state index contributed by atoms with van der Waals surface area (Å²) in [6, 6.07) is 7.89. The Morgan fingerprint density at radius 2 is 2.00 bits per heavy atom. The predicted octanol–water partition coefficient (Wildman–Crippen LogP) is 2.92. The van der Waals surface area contributed by atoms with Crippen LogP contribution in [0.2, 0.25) is 0 Å². The van der Waals surface area contributed by atoms with Crippen molar-refractivity contribution in [1.29, 1.82) is 0 Å². The van der Waals surface area contributed by atoms with Gasteiger partial charge in [0.1, 0.15) is 10.3 Å². The zero-order valence-corrected chi connectivity index (χ0v) is 10.9. The summed E-state index contributed by atoms with van der Waals surface area (Å²) in [5, 5.41) is 0. The normalized spacial score (nSPS) is 10.4. The number of hydrogen-bond donors (Lipinski definition) is 1. The second-order valence-corrected chi connectivity index (χ2v) is 4.87. The molecule has 0 bridgehead atoms. The highest BCUT2D eigenvalue weighted by atomic mass is 79.9. The lowest BCUT2D eigenvalue weighted by Gasteiger charge is -2.01. The van der Waals surface area contributed by atoms with Gasteiger partial charge < -0.3 is 4.98 Å². The lowest BCUT2D eigenvalue weighted by atomic mass is 10.2. The van der Waals surface area contributed by atoms with E-state index >= 15 is 0 Å². The topological polar surface area (TPSA) is 45.8 Å². The quantitative estimate of drug-likeness (QED) is 0.867. The van der Waals surface area contributed by atoms with Gasteiger partial charge in [-0.25, -0.2) is 4.98 Å². The van der Waals surface area contributed by atoms with Crippen LogP contribution in [-0.2, 0) is 0 Å². The van der Waals surface area contributed by atoms with Gasteiger partial charge in [0.2, 0.25) is 0 Å². The van der Waals surface area contributed by atoms with Crippen LogP contribution in [0.1, 0.15) is 0 Å². The van der Waals surface area contributed by atoms with E-state index < -0.39 is 0 Å². The van der Waals surface area contributed by atoms with Gasteiger partial charge in [0.25, 0.3) is 5.56 Å². The number of aromatic nitrogens is 2. The Labute approximate surface area is 105 Å². The minimum atomic E-state index is -0.168. The second kappa shape index (κ2) is 4.84. The predicted molar refractivity (Wildman–Crippen MR) is 69.8 cm³/mol.